The van der Waals surface area contributed by atoms with E-state index < -0.39 is 0 Å². The van der Waals surface area contributed by atoms with E-state index in [4.69, 9.17) is 0 Å². The van der Waals surface area contributed by atoms with Gasteiger partial charge in [-0.1, -0.05) is 158 Å². The number of benzene rings is 11. The zero-order valence-electron chi connectivity index (χ0n) is 43.4. The minimum absolute atomic E-state index is 1.15. The monoisotopic (exact) mass is 1020 g/mol. The van der Waals surface area contributed by atoms with Gasteiger partial charge < -0.3 is 18.3 Å². The van der Waals surface area contributed by atoms with Crippen LogP contribution in [0.5, 0.6) is 0 Å². The Bertz CT molecular complexity index is 5240. The summed E-state index contributed by atoms with van der Waals surface area (Å²) in [4.78, 5) is 8.99. The topological polar surface area (TPSA) is 45.5 Å². The van der Waals surface area contributed by atoms with Crippen LogP contribution in [0.15, 0.2) is 292 Å². The predicted octanol–water partition coefficient (Wildman–Crippen LogP) is 19.0. The van der Waals surface area contributed by atoms with Gasteiger partial charge in [-0.15, -0.1) is 0 Å². The molecule has 0 spiro atoms. The first kappa shape index (κ1) is 45.4. The average Bonchev–Trinajstić information content (AvgIpc) is 4.33. The molecule has 80 heavy (non-hydrogen) atoms. The van der Waals surface area contributed by atoms with Gasteiger partial charge in [0.05, 0.1) is 44.1 Å². The Morgan fingerprint density at radius 1 is 0.225 bits per heavy atom. The van der Waals surface area contributed by atoms with Gasteiger partial charge in [0.1, 0.15) is 0 Å². The van der Waals surface area contributed by atoms with E-state index in [1.807, 2.05) is 24.8 Å². The third-order valence-corrected chi connectivity index (χ3v) is 16.2. The molecule has 0 aliphatic carbocycles. The SMILES string of the molecule is c1ccc(-n2c3ccncc3c3cc(-c4cccc5c4c4ccccc4n5-c4ccc5ccccc5c4)ccc32)cc1.c1ccc(-n2c3ccncc3c3cc(-c4cccc5c4c4ccccc4n5-c4ccccc4)ccc32)cc1. The summed E-state index contributed by atoms with van der Waals surface area (Å²) >= 11 is 0. The first-order chi connectivity index (χ1) is 39.7. The maximum atomic E-state index is 4.51. The fourth-order valence-electron chi connectivity index (χ4n) is 12.7. The summed E-state index contributed by atoms with van der Waals surface area (Å²) in [6, 6.07) is 95.8. The van der Waals surface area contributed by atoms with Crippen molar-refractivity contribution in [2.75, 3.05) is 0 Å². The van der Waals surface area contributed by atoms with Crippen LogP contribution in [0.2, 0.25) is 0 Å². The number of para-hydroxylation sites is 5. The van der Waals surface area contributed by atoms with Gasteiger partial charge >= 0.3 is 0 Å². The molecule has 0 saturated carbocycles. The van der Waals surface area contributed by atoms with Crippen LogP contribution >= 0.6 is 0 Å². The van der Waals surface area contributed by atoms with Crippen LogP contribution in [0, 0.1) is 0 Å². The van der Waals surface area contributed by atoms with Crippen molar-refractivity contribution in [1.29, 1.82) is 0 Å². The highest BCUT2D eigenvalue weighted by atomic mass is 15.0. The van der Waals surface area contributed by atoms with Crippen molar-refractivity contribution >= 4 is 98.0 Å². The zero-order valence-corrected chi connectivity index (χ0v) is 43.4. The van der Waals surface area contributed by atoms with Gasteiger partial charge in [0.15, 0.2) is 0 Å². The molecule has 374 valence electrons. The van der Waals surface area contributed by atoms with Gasteiger partial charge in [-0.05, 0) is 142 Å². The Kier molecular flexibility index (Phi) is 10.5. The molecule has 0 unspecified atom stereocenters. The standard InChI is InChI=1S/C39H25N3.C35H23N3/c1-2-11-29(12-3-1)41-36-20-18-28(24-33(36)34-25-40-22-21-37(34)41)31-14-8-16-38-39(31)32-13-6-7-15-35(32)42(38)30-19-17-26-9-4-5-10-27(26)23-30;1-3-10-25(11-4-1)37-32-19-18-24(22-29(32)30-23-36-21-20-33(30)37)27-15-9-17-34-35(27)28-14-7-8-16-31(28)38(34)26-12-5-2-6-13-26/h1-25H;1-23H. The largest absolute Gasteiger partial charge is 0.309 e. The summed E-state index contributed by atoms with van der Waals surface area (Å²) in [5.41, 5.74) is 19.0. The first-order valence-electron chi connectivity index (χ1n) is 27.2. The molecule has 0 saturated heterocycles. The summed E-state index contributed by atoms with van der Waals surface area (Å²) in [6.45, 7) is 0. The fraction of sp³-hybridized carbons (Fsp3) is 0. The van der Waals surface area contributed by atoms with Gasteiger partial charge in [0, 0.05) is 90.6 Å². The number of hydrogen-bond acceptors (Lipinski definition) is 2. The lowest BCUT2D eigenvalue weighted by molar-refractivity contribution is 1.17. The number of nitrogens with zero attached hydrogens (tertiary/aromatic N) is 6. The van der Waals surface area contributed by atoms with Crippen molar-refractivity contribution in [2.45, 2.75) is 0 Å². The molecule has 6 heterocycles. The number of hydrogen-bond donors (Lipinski definition) is 0. The molecule has 0 atom stereocenters. The van der Waals surface area contributed by atoms with Crippen molar-refractivity contribution in [2.24, 2.45) is 0 Å². The molecular weight excluding hydrogens is 973 g/mol. The summed E-state index contributed by atoms with van der Waals surface area (Å²) < 4.78 is 9.45. The van der Waals surface area contributed by atoms with E-state index in [-0.39, 0.29) is 0 Å². The predicted molar refractivity (Wildman–Crippen MR) is 334 cm³/mol. The number of pyridine rings is 2. The molecule has 11 aromatic carbocycles. The molecule has 6 aromatic heterocycles. The highest BCUT2D eigenvalue weighted by Gasteiger charge is 2.21. The molecular formula is C74H48N6. The van der Waals surface area contributed by atoms with Crippen LogP contribution in [-0.4, -0.2) is 28.2 Å². The molecule has 6 nitrogen and oxygen atoms in total. The van der Waals surface area contributed by atoms with Crippen molar-refractivity contribution in [1.82, 2.24) is 28.2 Å². The lowest BCUT2D eigenvalue weighted by Crippen LogP contribution is -1.94. The minimum Gasteiger partial charge on any atom is -0.309 e. The third-order valence-electron chi connectivity index (χ3n) is 16.2. The second kappa shape index (κ2) is 18.4. The number of fused-ring (bicyclic) bond motifs is 13. The molecule has 17 aromatic rings. The molecule has 0 aliphatic rings. The normalized spacial score (nSPS) is 11.8. The molecule has 0 radical (unpaired) electrons. The second-order valence-electron chi connectivity index (χ2n) is 20.6. The van der Waals surface area contributed by atoms with E-state index in [9.17, 15) is 0 Å². The molecule has 0 amide bonds. The summed E-state index contributed by atoms with van der Waals surface area (Å²) in [7, 11) is 0. The van der Waals surface area contributed by atoms with Crippen LogP contribution in [-0.2, 0) is 0 Å². The highest BCUT2D eigenvalue weighted by molar-refractivity contribution is 6.19. The lowest BCUT2D eigenvalue weighted by Gasteiger charge is -2.10. The van der Waals surface area contributed by atoms with Gasteiger partial charge in [-0.2, -0.15) is 0 Å². The Balaban J connectivity index is 0.000000133. The van der Waals surface area contributed by atoms with E-state index in [1.54, 1.807) is 0 Å². The van der Waals surface area contributed by atoms with Gasteiger partial charge in [0.25, 0.3) is 0 Å². The summed E-state index contributed by atoms with van der Waals surface area (Å²) in [6.07, 6.45) is 7.74. The van der Waals surface area contributed by atoms with Crippen molar-refractivity contribution in [3.63, 3.8) is 0 Å². The smallest absolute Gasteiger partial charge is 0.0571 e. The first-order valence-corrected chi connectivity index (χ1v) is 27.2. The minimum atomic E-state index is 1.15. The molecule has 0 fully saturated rings. The number of aromatic nitrogens is 6. The molecule has 17 rings (SSSR count). The highest BCUT2D eigenvalue weighted by Crippen LogP contribution is 2.43. The van der Waals surface area contributed by atoms with Crippen LogP contribution in [0.1, 0.15) is 0 Å². The van der Waals surface area contributed by atoms with E-state index in [2.05, 4.69) is 295 Å². The van der Waals surface area contributed by atoms with Crippen LogP contribution < -0.4 is 0 Å². The Morgan fingerprint density at radius 3 is 1.11 bits per heavy atom. The van der Waals surface area contributed by atoms with Crippen molar-refractivity contribution in [3.05, 3.63) is 292 Å². The number of rotatable bonds is 6. The van der Waals surface area contributed by atoms with E-state index in [0.29, 0.717) is 0 Å². The van der Waals surface area contributed by atoms with Crippen LogP contribution in [0.25, 0.3) is 143 Å². The molecule has 0 bridgehead atoms. The van der Waals surface area contributed by atoms with Crippen LogP contribution in [0.3, 0.4) is 0 Å². The van der Waals surface area contributed by atoms with Gasteiger partial charge in [-0.3, -0.25) is 9.97 Å². The van der Waals surface area contributed by atoms with Gasteiger partial charge in [-0.25, -0.2) is 0 Å². The Hall–Kier alpha value is -10.8. The average molecular weight is 1020 g/mol. The zero-order chi connectivity index (χ0) is 52.7. The Labute approximate surface area is 460 Å². The second-order valence-corrected chi connectivity index (χ2v) is 20.6. The van der Waals surface area contributed by atoms with Crippen molar-refractivity contribution in [3.8, 4) is 45.0 Å². The van der Waals surface area contributed by atoms with E-state index in [1.165, 1.54) is 110 Å². The van der Waals surface area contributed by atoms with E-state index in [0.717, 1.165) is 33.2 Å². The lowest BCUT2D eigenvalue weighted by atomic mass is 9.98. The molecule has 0 aliphatic heterocycles. The maximum absolute atomic E-state index is 4.51. The third kappa shape index (κ3) is 7.13. The van der Waals surface area contributed by atoms with Crippen LogP contribution in [0.4, 0.5) is 0 Å². The molecule has 6 heteroatoms. The summed E-state index contributed by atoms with van der Waals surface area (Å²) in [5, 5.41) is 12.3. The summed E-state index contributed by atoms with van der Waals surface area (Å²) in [5.74, 6) is 0. The fourth-order valence-corrected chi connectivity index (χ4v) is 12.7. The Morgan fingerprint density at radius 2 is 0.613 bits per heavy atom. The van der Waals surface area contributed by atoms with Crippen molar-refractivity contribution < 1.29 is 0 Å². The van der Waals surface area contributed by atoms with Gasteiger partial charge in [0.2, 0.25) is 0 Å². The maximum Gasteiger partial charge on any atom is 0.0571 e. The quantitative estimate of drug-likeness (QED) is 0.167. The van der Waals surface area contributed by atoms with E-state index >= 15 is 0 Å². The molecule has 0 N–H and O–H groups in total.